The number of fused-ring (bicyclic) bond motifs is 1. The maximum atomic E-state index is 13.8. The molecule has 5 rings (SSSR count). The fraction of sp³-hybridized carbons (Fsp3) is 0.208. The van der Waals surface area contributed by atoms with Crippen LogP contribution in [-0.4, -0.2) is 55.9 Å². The Kier molecular flexibility index (Phi) is 7.20. The number of benzene rings is 2. The first-order chi connectivity index (χ1) is 17.9. The number of hydrogen-bond donors (Lipinski definition) is 3. The lowest BCUT2D eigenvalue weighted by Crippen LogP contribution is -2.83. The number of nitrogen functional groups attached to an aromatic ring is 1. The van der Waals surface area contributed by atoms with Crippen LogP contribution in [0.1, 0.15) is 17.2 Å². The normalized spacial score (nSPS) is 20.9. The Balaban J connectivity index is 1.49. The third-order valence-electron chi connectivity index (χ3n) is 5.90. The van der Waals surface area contributed by atoms with Gasteiger partial charge in [0.2, 0.25) is 17.2 Å². The molecule has 1 saturated heterocycles. The number of nitrogens with two attached hydrogens (primary N) is 2. The number of carbonyl (C=O) groups excluding carboxylic acids is 3. The van der Waals surface area contributed by atoms with Gasteiger partial charge in [-0.15, -0.1) is 22.0 Å². The Morgan fingerprint density at radius 2 is 1.84 bits per heavy atom. The molecule has 10 nitrogen and oxygen atoms in total. The van der Waals surface area contributed by atoms with Gasteiger partial charge in [0.05, 0.1) is 0 Å². The highest BCUT2D eigenvalue weighted by atomic mass is 32.2. The number of esters is 1. The molecule has 0 saturated carbocycles. The van der Waals surface area contributed by atoms with Crippen LogP contribution in [0, 0.1) is 0 Å². The van der Waals surface area contributed by atoms with Gasteiger partial charge in [-0.05, 0) is 16.7 Å². The predicted octanol–water partition coefficient (Wildman–Crippen LogP) is 2.12. The van der Waals surface area contributed by atoms with Crippen molar-refractivity contribution in [1.29, 1.82) is 0 Å². The molecule has 5 N–H and O–H groups in total. The summed E-state index contributed by atoms with van der Waals surface area (Å²) in [5.41, 5.74) is 12.7. The Hall–Kier alpha value is -3.39. The van der Waals surface area contributed by atoms with E-state index in [-0.39, 0.29) is 5.70 Å². The molecule has 2 aromatic carbocycles. The first kappa shape index (κ1) is 25.3. The number of thioether (sulfide) groups is 2. The molecule has 0 spiro atoms. The van der Waals surface area contributed by atoms with Crippen LogP contribution in [-0.2, 0) is 19.1 Å². The molecule has 2 aliphatic heterocycles. The van der Waals surface area contributed by atoms with Gasteiger partial charge in [-0.3, -0.25) is 20.2 Å². The molecule has 2 atom stereocenters. The maximum absolute atomic E-state index is 13.8. The molecule has 190 valence electrons. The van der Waals surface area contributed by atoms with E-state index in [2.05, 4.69) is 15.5 Å². The SMILES string of the molecule is Nc1nnc(SCC2=C(C(=O)OC(c3ccccc3)c3ccccc3)N3C(=O)[C@](N)(NC=O)[C@H]3SC2)s1. The standard InChI is InChI=1S/C24H22N6O4S3/c25-22-28-29-23(37-22)36-12-16-11-35-21-24(26,27-13-31)20(33)30(21)17(16)19(32)34-18(14-7-3-1-4-8-14)15-9-5-2-6-10-15/h1-10,13,18,21H,11-12,26H2,(H2,25,28)(H,27,31)/t21-,24+/m1/s1. The fourth-order valence-electron chi connectivity index (χ4n) is 4.15. The molecule has 3 heterocycles. The Labute approximate surface area is 224 Å². The first-order valence-electron chi connectivity index (χ1n) is 11.1. The molecule has 0 radical (unpaired) electrons. The van der Waals surface area contributed by atoms with Crippen LogP contribution < -0.4 is 16.8 Å². The second kappa shape index (κ2) is 10.5. The van der Waals surface area contributed by atoms with E-state index in [1.54, 1.807) is 0 Å². The minimum atomic E-state index is -1.59. The summed E-state index contributed by atoms with van der Waals surface area (Å²) >= 11 is 3.97. The highest BCUT2D eigenvalue weighted by Crippen LogP contribution is 2.45. The van der Waals surface area contributed by atoms with Crippen molar-refractivity contribution in [3.05, 3.63) is 83.1 Å². The van der Waals surface area contributed by atoms with Crippen LogP contribution in [0.5, 0.6) is 0 Å². The summed E-state index contributed by atoms with van der Waals surface area (Å²) in [4.78, 5) is 39.4. The summed E-state index contributed by atoms with van der Waals surface area (Å²) in [6, 6.07) is 18.8. The summed E-state index contributed by atoms with van der Waals surface area (Å²) < 4.78 is 6.73. The van der Waals surface area contributed by atoms with Crippen LogP contribution in [0.15, 0.2) is 76.3 Å². The zero-order chi connectivity index (χ0) is 26.0. The van der Waals surface area contributed by atoms with Crippen LogP contribution in [0.2, 0.25) is 0 Å². The van der Waals surface area contributed by atoms with E-state index in [1.165, 1.54) is 39.8 Å². The lowest BCUT2D eigenvalue weighted by atomic mass is 9.96. The van der Waals surface area contributed by atoms with E-state index in [9.17, 15) is 14.4 Å². The highest BCUT2D eigenvalue weighted by Gasteiger charge is 2.63. The van der Waals surface area contributed by atoms with Gasteiger partial charge in [-0.2, -0.15) is 0 Å². The van der Waals surface area contributed by atoms with Gasteiger partial charge in [0.1, 0.15) is 11.1 Å². The molecule has 0 bridgehead atoms. The van der Waals surface area contributed by atoms with Crippen LogP contribution in [0.4, 0.5) is 5.13 Å². The van der Waals surface area contributed by atoms with Crippen molar-refractivity contribution in [2.45, 2.75) is 21.5 Å². The topological polar surface area (TPSA) is 154 Å². The van der Waals surface area contributed by atoms with Crippen molar-refractivity contribution < 1.29 is 19.1 Å². The number of carbonyl (C=O) groups is 3. The number of anilines is 1. The molecule has 1 aromatic heterocycles. The second-order valence-electron chi connectivity index (χ2n) is 8.22. The van der Waals surface area contributed by atoms with Gasteiger partial charge in [0.25, 0.3) is 5.91 Å². The van der Waals surface area contributed by atoms with Gasteiger partial charge in [0.15, 0.2) is 10.4 Å². The molecule has 0 aliphatic carbocycles. The first-order valence-corrected chi connectivity index (χ1v) is 14.0. The number of rotatable bonds is 9. The van der Waals surface area contributed by atoms with E-state index in [0.29, 0.717) is 33.0 Å². The van der Waals surface area contributed by atoms with Gasteiger partial charge >= 0.3 is 5.97 Å². The molecule has 0 unspecified atom stereocenters. The van der Waals surface area contributed by atoms with E-state index < -0.39 is 29.0 Å². The minimum absolute atomic E-state index is 0.129. The van der Waals surface area contributed by atoms with Crippen molar-refractivity contribution in [3.63, 3.8) is 0 Å². The second-order valence-corrected chi connectivity index (χ2v) is 11.5. The average molecular weight is 555 g/mol. The van der Waals surface area contributed by atoms with Gasteiger partial charge in [-0.25, -0.2) is 4.79 Å². The van der Waals surface area contributed by atoms with Crippen molar-refractivity contribution in [1.82, 2.24) is 20.4 Å². The lowest BCUT2D eigenvalue weighted by Gasteiger charge is -2.55. The van der Waals surface area contributed by atoms with Crippen LogP contribution in [0.3, 0.4) is 0 Å². The summed E-state index contributed by atoms with van der Waals surface area (Å²) in [5, 5.41) is 9.94. The van der Waals surface area contributed by atoms with Gasteiger partial charge in [-0.1, -0.05) is 83.8 Å². The zero-order valence-corrected chi connectivity index (χ0v) is 21.7. The smallest absolute Gasteiger partial charge is 0.356 e. The van der Waals surface area contributed by atoms with Crippen LogP contribution in [0.25, 0.3) is 0 Å². The maximum Gasteiger partial charge on any atom is 0.356 e. The average Bonchev–Trinajstić information content (AvgIpc) is 3.35. The molecule has 2 amide bonds. The monoisotopic (exact) mass is 554 g/mol. The predicted molar refractivity (Wildman–Crippen MR) is 142 cm³/mol. The molecular weight excluding hydrogens is 533 g/mol. The van der Waals surface area contributed by atoms with E-state index in [0.717, 1.165) is 11.1 Å². The summed E-state index contributed by atoms with van der Waals surface area (Å²) in [6.45, 7) is 0. The number of β-lactam (4-membered cyclic amide) rings is 1. The number of aromatic nitrogens is 2. The van der Waals surface area contributed by atoms with Crippen molar-refractivity contribution in [2.75, 3.05) is 17.2 Å². The number of amides is 2. The van der Waals surface area contributed by atoms with Gasteiger partial charge < -0.3 is 15.8 Å². The van der Waals surface area contributed by atoms with Crippen molar-refractivity contribution >= 4 is 58.3 Å². The summed E-state index contributed by atoms with van der Waals surface area (Å²) in [6.07, 6.45) is -0.303. The zero-order valence-electron chi connectivity index (χ0n) is 19.3. The Morgan fingerprint density at radius 3 is 2.41 bits per heavy atom. The van der Waals surface area contributed by atoms with Crippen molar-refractivity contribution in [2.24, 2.45) is 5.73 Å². The number of nitrogens with one attached hydrogen (secondary N) is 1. The number of ether oxygens (including phenoxy) is 1. The van der Waals surface area contributed by atoms with Crippen molar-refractivity contribution in [3.8, 4) is 0 Å². The molecular formula is C24H22N6O4S3. The quantitative estimate of drug-likeness (QED) is 0.118. The number of nitrogens with zero attached hydrogens (tertiary/aromatic N) is 3. The summed E-state index contributed by atoms with van der Waals surface area (Å²) in [7, 11) is 0. The van der Waals surface area contributed by atoms with Gasteiger partial charge in [0, 0.05) is 11.5 Å². The molecule has 13 heteroatoms. The fourth-order valence-corrected chi connectivity index (χ4v) is 7.30. The number of hydrogen-bond acceptors (Lipinski definition) is 11. The molecule has 3 aromatic rings. The van der Waals surface area contributed by atoms with Crippen LogP contribution >= 0.6 is 34.9 Å². The molecule has 2 aliphatic rings. The Bertz CT molecular complexity index is 1310. The summed E-state index contributed by atoms with van der Waals surface area (Å²) in [5.74, 6) is -0.469. The molecule has 37 heavy (non-hydrogen) atoms. The third kappa shape index (κ3) is 4.82. The Morgan fingerprint density at radius 1 is 1.19 bits per heavy atom. The van der Waals surface area contributed by atoms with E-state index >= 15 is 0 Å². The van der Waals surface area contributed by atoms with E-state index in [4.69, 9.17) is 16.2 Å². The lowest BCUT2D eigenvalue weighted by molar-refractivity contribution is -0.160. The highest BCUT2D eigenvalue weighted by molar-refractivity contribution is 8.02. The third-order valence-corrected chi connectivity index (χ3v) is 9.29. The van der Waals surface area contributed by atoms with E-state index in [1.807, 2.05) is 60.7 Å². The molecule has 1 fully saturated rings. The largest absolute Gasteiger partial charge is 0.448 e. The minimum Gasteiger partial charge on any atom is -0.448 e.